The molecule has 4 rings (SSSR count). The van der Waals surface area contributed by atoms with Crippen LogP contribution in [-0.2, 0) is 4.79 Å². The van der Waals surface area contributed by atoms with Gasteiger partial charge in [-0.1, -0.05) is 0 Å². The molecule has 1 aromatic rings. The Morgan fingerprint density at radius 3 is 2.52 bits per heavy atom. The molecule has 3 fully saturated rings. The fourth-order valence-corrected chi connectivity index (χ4v) is 4.16. The zero-order valence-corrected chi connectivity index (χ0v) is 16.0. The number of rotatable bonds is 4. The summed E-state index contributed by atoms with van der Waals surface area (Å²) in [7, 11) is 0. The van der Waals surface area contributed by atoms with E-state index < -0.39 is 0 Å². The molecule has 3 aliphatic rings. The number of carbonyl (C=O) groups is 1. The molecule has 0 aliphatic carbocycles. The highest BCUT2D eigenvalue weighted by atomic mass is 16.3. The number of hydrogen-bond acceptors (Lipinski definition) is 7. The highest BCUT2D eigenvalue weighted by Gasteiger charge is 2.25. The summed E-state index contributed by atoms with van der Waals surface area (Å²) in [5.74, 6) is 1.91. The van der Waals surface area contributed by atoms with Crippen molar-refractivity contribution in [2.45, 2.75) is 31.8 Å². The van der Waals surface area contributed by atoms with Crippen LogP contribution in [0.15, 0.2) is 12.3 Å². The molecular weight excluding hydrogens is 344 g/mol. The van der Waals surface area contributed by atoms with Gasteiger partial charge in [-0.15, -0.1) is 0 Å². The van der Waals surface area contributed by atoms with Crippen LogP contribution in [0.5, 0.6) is 0 Å². The topological polar surface area (TPSA) is 76.0 Å². The van der Waals surface area contributed by atoms with E-state index in [0.29, 0.717) is 13.1 Å². The standard InChI is InChI=1S/C19H30N6O2/c26-16-5-9-25(14-16)17-4-6-20-19(21-17)24-12-10-22(11-13-24)15-18(27)23-7-2-1-3-8-23/h4,6,16,26H,1-3,5,7-15H2. The van der Waals surface area contributed by atoms with Crippen LogP contribution in [-0.4, -0.2) is 95.8 Å². The molecule has 1 unspecified atom stereocenters. The van der Waals surface area contributed by atoms with Gasteiger partial charge in [0.05, 0.1) is 12.6 Å². The molecule has 1 aromatic heterocycles. The van der Waals surface area contributed by atoms with Gasteiger partial charge in [-0.2, -0.15) is 4.98 Å². The predicted octanol–water partition coefficient (Wildman–Crippen LogP) is 0.182. The third-order valence-corrected chi connectivity index (χ3v) is 5.84. The number of amides is 1. The van der Waals surface area contributed by atoms with Crippen LogP contribution < -0.4 is 9.80 Å². The van der Waals surface area contributed by atoms with Gasteiger partial charge in [0.1, 0.15) is 5.82 Å². The molecule has 0 aromatic carbocycles. The van der Waals surface area contributed by atoms with E-state index in [-0.39, 0.29) is 12.0 Å². The van der Waals surface area contributed by atoms with E-state index in [0.717, 1.165) is 76.8 Å². The highest BCUT2D eigenvalue weighted by Crippen LogP contribution is 2.20. The molecule has 8 heteroatoms. The summed E-state index contributed by atoms with van der Waals surface area (Å²) in [5.41, 5.74) is 0. The second-order valence-electron chi connectivity index (χ2n) is 7.81. The molecule has 0 bridgehead atoms. The lowest BCUT2D eigenvalue weighted by Crippen LogP contribution is -2.51. The van der Waals surface area contributed by atoms with Gasteiger partial charge in [0.15, 0.2) is 0 Å². The minimum absolute atomic E-state index is 0.260. The Labute approximate surface area is 160 Å². The normalized spacial score (nSPS) is 24.5. The molecule has 0 spiro atoms. The van der Waals surface area contributed by atoms with Crippen LogP contribution >= 0.6 is 0 Å². The molecule has 27 heavy (non-hydrogen) atoms. The number of hydrogen-bond donors (Lipinski definition) is 1. The van der Waals surface area contributed by atoms with Crippen molar-refractivity contribution in [2.24, 2.45) is 0 Å². The quantitative estimate of drug-likeness (QED) is 0.806. The van der Waals surface area contributed by atoms with Crippen LogP contribution in [0.25, 0.3) is 0 Å². The number of anilines is 2. The van der Waals surface area contributed by atoms with Crippen molar-refractivity contribution in [1.29, 1.82) is 0 Å². The lowest BCUT2D eigenvalue weighted by molar-refractivity contribution is -0.133. The highest BCUT2D eigenvalue weighted by molar-refractivity contribution is 5.78. The Kier molecular flexibility index (Phi) is 5.73. The SMILES string of the molecule is O=C(CN1CCN(c2nccc(N3CCC(O)C3)n2)CC1)N1CCCCC1. The summed E-state index contributed by atoms with van der Waals surface area (Å²) in [6.45, 7) is 7.23. The number of piperazine rings is 1. The third kappa shape index (κ3) is 4.50. The van der Waals surface area contributed by atoms with Crippen molar-refractivity contribution in [3.05, 3.63) is 12.3 Å². The van der Waals surface area contributed by atoms with Gasteiger partial charge in [0, 0.05) is 58.6 Å². The molecule has 1 amide bonds. The Morgan fingerprint density at radius 1 is 1.04 bits per heavy atom. The zero-order chi connectivity index (χ0) is 18.6. The molecule has 0 saturated carbocycles. The summed E-state index contributed by atoms with van der Waals surface area (Å²) < 4.78 is 0. The number of aromatic nitrogens is 2. The molecule has 1 N–H and O–H groups in total. The van der Waals surface area contributed by atoms with Gasteiger partial charge in [0.2, 0.25) is 11.9 Å². The van der Waals surface area contributed by atoms with Crippen LogP contribution in [0.2, 0.25) is 0 Å². The van der Waals surface area contributed by atoms with Crippen molar-refractivity contribution >= 4 is 17.7 Å². The first kappa shape index (κ1) is 18.4. The first-order valence-electron chi connectivity index (χ1n) is 10.2. The Morgan fingerprint density at radius 2 is 1.81 bits per heavy atom. The van der Waals surface area contributed by atoms with Crippen LogP contribution in [0.4, 0.5) is 11.8 Å². The molecule has 3 aliphatic heterocycles. The third-order valence-electron chi connectivity index (χ3n) is 5.84. The van der Waals surface area contributed by atoms with Crippen molar-refractivity contribution in [1.82, 2.24) is 19.8 Å². The maximum atomic E-state index is 12.5. The first-order chi connectivity index (χ1) is 13.2. The number of aliphatic hydroxyl groups excluding tert-OH is 1. The Balaban J connectivity index is 1.29. The fourth-order valence-electron chi connectivity index (χ4n) is 4.16. The second-order valence-corrected chi connectivity index (χ2v) is 7.81. The summed E-state index contributed by atoms with van der Waals surface area (Å²) in [5, 5.41) is 9.74. The van der Waals surface area contributed by atoms with Gasteiger partial charge < -0.3 is 19.8 Å². The van der Waals surface area contributed by atoms with Crippen LogP contribution in [0.1, 0.15) is 25.7 Å². The largest absolute Gasteiger partial charge is 0.391 e. The summed E-state index contributed by atoms with van der Waals surface area (Å²) in [6, 6.07) is 1.91. The predicted molar refractivity (Wildman–Crippen MR) is 104 cm³/mol. The molecule has 0 radical (unpaired) electrons. The Hall–Kier alpha value is -1.93. The second kappa shape index (κ2) is 8.39. The van der Waals surface area contributed by atoms with Crippen molar-refractivity contribution < 1.29 is 9.90 Å². The maximum Gasteiger partial charge on any atom is 0.236 e. The van der Waals surface area contributed by atoms with E-state index in [9.17, 15) is 9.90 Å². The van der Waals surface area contributed by atoms with Gasteiger partial charge in [-0.3, -0.25) is 9.69 Å². The molecule has 4 heterocycles. The molecular formula is C19H30N6O2. The summed E-state index contributed by atoms with van der Waals surface area (Å²) in [4.78, 5) is 30.2. The Bertz CT molecular complexity index is 643. The summed E-state index contributed by atoms with van der Waals surface area (Å²) in [6.07, 6.45) is 5.86. The first-order valence-corrected chi connectivity index (χ1v) is 10.2. The summed E-state index contributed by atoms with van der Waals surface area (Å²) >= 11 is 0. The lowest BCUT2D eigenvalue weighted by Gasteiger charge is -2.36. The van der Waals surface area contributed by atoms with Gasteiger partial charge in [0.25, 0.3) is 0 Å². The molecule has 1 atom stereocenters. The number of β-amino-alcohol motifs (C(OH)–C–C–N with tert-alkyl or cyclic N) is 1. The molecule has 8 nitrogen and oxygen atoms in total. The van der Waals surface area contributed by atoms with Crippen molar-refractivity contribution in [3.8, 4) is 0 Å². The number of aliphatic hydroxyl groups is 1. The van der Waals surface area contributed by atoms with Crippen LogP contribution in [0, 0.1) is 0 Å². The van der Waals surface area contributed by atoms with Gasteiger partial charge in [-0.05, 0) is 31.7 Å². The number of nitrogens with zero attached hydrogens (tertiary/aromatic N) is 6. The van der Waals surface area contributed by atoms with E-state index in [1.807, 2.05) is 11.0 Å². The van der Waals surface area contributed by atoms with Crippen LogP contribution in [0.3, 0.4) is 0 Å². The number of piperidine rings is 1. The van der Waals surface area contributed by atoms with E-state index >= 15 is 0 Å². The fraction of sp³-hybridized carbons (Fsp3) is 0.737. The lowest BCUT2D eigenvalue weighted by atomic mass is 10.1. The molecule has 148 valence electrons. The smallest absolute Gasteiger partial charge is 0.236 e. The molecule has 3 saturated heterocycles. The zero-order valence-electron chi connectivity index (χ0n) is 16.0. The van der Waals surface area contributed by atoms with E-state index in [1.54, 1.807) is 6.20 Å². The number of carbonyl (C=O) groups excluding carboxylic acids is 1. The van der Waals surface area contributed by atoms with E-state index in [4.69, 9.17) is 4.98 Å². The van der Waals surface area contributed by atoms with Gasteiger partial charge >= 0.3 is 0 Å². The minimum atomic E-state index is -0.260. The van der Waals surface area contributed by atoms with E-state index in [2.05, 4.69) is 19.7 Å². The minimum Gasteiger partial charge on any atom is -0.391 e. The van der Waals surface area contributed by atoms with Gasteiger partial charge in [-0.25, -0.2) is 4.98 Å². The van der Waals surface area contributed by atoms with E-state index in [1.165, 1.54) is 6.42 Å². The van der Waals surface area contributed by atoms with Crippen molar-refractivity contribution in [2.75, 3.05) is 68.7 Å². The average molecular weight is 374 g/mol. The number of likely N-dealkylation sites (tertiary alicyclic amines) is 1. The maximum absolute atomic E-state index is 12.5. The van der Waals surface area contributed by atoms with Crippen molar-refractivity contribution in [3.63, 3.8) is 0 Å². The average Bonchev–Trinajstić information content (AvgIpc) is 3.16. The monoisotopic (exact) mass is 374 g/mol.